The van der Waals surface area contributed by atoms with Gasteiger partial charge in [0.1, 0.15) is 12.4 Å². The predicted octanol–water partition coefficient (Wildman–Crippen LogP) is 2.41. The first kappa shape index (κ1) is 20.5. The van der Waals surface area contributed by atoms with Crippen LogP contribution in [-0.2, 0) is 22.5 Å². The molecular formula is C22H34N4O3. The average molecular weight is 403 g/mol. The topological polar surface area (TPSA) is 78.5 Å². The Morgan fingerprint density at radius 2 is 1.93 bits per heavy atom. The molecule has 1 aromatic rings. The molecule has 1 aliphatic carbocycles. The summed E-state index contributed by atoms with van der Waals surface area (Å²) in [4.78, 5) is 37.5. The number of carbonyl (C=O) groups is 1. The number of aromatic nitrogens is 2. The first-order valence-electron chi connectivity index (χ1n) is 11.3. The monoisotopic (exact) mass is 402 g/mol. The van der Waals surface area contributed by atoms with Crippen LogP contribution in [0, 0.1) is 5.92 Å². The second kappa shape index (κ2) is 9.39. The summed E-state index contributed by atoms with van der Waals surface area (Å²) >= 11 is 0. The minimum absolute atomic E-state index is 0.0249. The fourth-order valence-corrected chi connectivity index (χ4v) is 5.27. The van der Waals surface area contributed by atoms with Crippen LogP contribution >= 0.6 is 0 Å². The van der Waals surface area contributed by atoms with Crippen molar-refractivity contribution in [2.24, 2.45) is 5.92 Å². The highest BCUT2D eigenvalue weighted by Crippen LogP contribution is 2.30. The molecule has 0 radical (unpaired) electrons. The zero-order chi connectivity index (χ0) is 20.2. The number of aromatic amines is 1. The number of nitrogens with zero attached hydrogens (tertiary/aromatic N) is 3. The number of rotatable bonds is 5. The van der Waals surface area contributed by atoms with E-state index in [1.54, 1.807) is 0 Å². The molecule has 0 spiro atoms. The highest BCUT2D eigenvalue weighted by atomic mass is 16.5. The molecule has 2 aliphatic heterocycles. The molecule has 1 saturated carbocycles. The van der Waals surface area contributed by atoms with E-state index >= 15 is 0 Å². The number of H-pyrrole nitrogens is 1. The summed E-state index contributed by atoms with van der Waals surface area (Å²) in [5.41, 5.74) is 1.72. The molecule has 2 fully saturated rings. The molecule has 7 heteroatoms. The van der Waals surface area contributed by atoms with Crippen molar-refractivity contribution in [1.82, 2.24) is 19.8 Å². The fourth-order valence-electron chi connectivity index (χ4n) is 5.27. The van der Waals surface area contributed by atoms with Gasteiger partial charge in [-0.05, 0) is 38.0 Å². The molecule has 7 nitrogen and oxygen atoms in total. The number of fused-ring (bicyclic) bond motifs is 1. The van der Waals surface area contributed by atoms with Crippen molar-refractivity contribution >= 4 is 5.91 Å². The quantitative estimate of drug-likeness (QED) is 0.818. The Labute approximate surface area is 172 Å². The van der Waals surface area contributed by atoms with E-state index in [1.165, 1.54) is 39.2 Å². The zero-order valence-electron chi connectivity index (χ0n) is 17.6. The van der Waals surface area contributed by atoms with Crippen LogP contribution in [0.3, 0.4) is 0 Å². The predicted molar refractivity (Wildman–Crippen MR) is 111 cm³/mol. The Kier molecular flexibility index (Phi) is 6.65. The van der Waals surface area contributed by atoms with E-state index in [9.17, 15) is 9.59 Å². The molecule has 0 bridgehead atoms. The largest absolute Gasteiger partial charge is 0.375 e. The maximum Gasteiger partial charge on any atom is 0.255 e. The molecule has 1 saturated heterocycles. The smallest absolute Gasteiger partial charge is 0.255 e. The lowest BCUT2D eigenvalue weighted by Crippen LogP contribution is -2.43. The van der Waals surface area contributed by atoms with Gasteiger partial charge >= 0.3 is 0 Å². The third-order valence-electron chi connectivity index (χ3n) is 6.81. The highest BCUT2D eigenvalue weighted by Gasteiger charge is 2.31. The second-order valence-corrected chi connectivity index (χ2v) is 8.90. The van der Waals surface area contributed by atoms with Crippen molar-refractivity contribution in [3.05, 3.63) is 27.4 Å². The lowest BCUT2D eigenvalue weighted by Gasteiger charge is -2.36. The van der Waals surface area contributed by atoms with Crippen molar-refractivity contribution in [3.63, 3.8) is 0 Å². The van der Waals surface area contributed by atoms with Gasteiger partial charge in [-0.2, -0.15) is 0 Å². The first-order chi connectivity index (χ1) is 14.2. The van der Waals surface area contributed by atoms with Gasteiger partial charge in [0.15, 0.2) is 0 Å². The lowest BCUT2D eigenvalue weighted by molar-refractivity contribution is -0.139. The molecular weight excluding hydrogens is 368 g/mol. The Morgan fingerprint density at radius 3 is 2.72 bits per heavy atom. The molecule has 0 unspecified atom stereocenters. The van der Waals surface area contributed by atoms with Crippen molar-refractivity contribution in [1.29, 1.82) is 0 Å². The summed E-state index contributed by atoms with van der Waals surface area (Å²) in [5.74, 6) is 1.40. The summed E-state index contributed by atoms with van der Waals surface area (Å²) < 4.78 is 5.04. The van der Waals surface area contributed by atoms with Crippen LogP contribution in [0.4, 0.5) is 0 Å². The number of hydrogen-bond donors (Lipinski definition) is 1. The van der Waals surface area contributed by atoms with Gasteiger partial charge in [-0.1, -0.05) is 19.3 Å². The van der Waals surface area contributed by atoms with Gasteiger partial charge in [-0.3, -0.25) is 14.5 Å². The first-order valence-corrected chi connectivity index (χ1v) is 11.3. The Morgan fingerprint density at radius 1 is 1.14 bits per heavy atom. The minimum Gasteiger partial charge on any atom is -0.375 e. The van der Waals surface area contributed by atoms with Gasteiger partial charge in [0.25, 0.3) is 5.56 Å². The number of amides is 1. The summed E-state index contributed by atoms with van der Waals surface area (Å²) in [6.45, 7) is 3.54. The molecule has 1 atom stereocenters. The van der Waals surface area contributed by atoms with Crippen LogP contribution in [0.25, 0.3) is 0 Å². The molecule has 4 rings (SSSR count). The molecule has 1 amide bonds. The third kappa shape index (κ3) is 4.72. The number of piperidine rings is 1. The second-order valence-electron chi connectivity index (χ2n) is 8.90. The summed E-state index contributed by atoms with van der Waals surface area (Å²) in [6.07, 6.45) is 10.4. The summed E-state index contributed by atoms with van der Waals surface area (Å²) in [6, 6.07) is -0.148. The van der Waals surface area contributed by atoms with Crippen LogP contribution in [-0.4, -0.2) is 59.0 Å². The standard InChI is InChI=1S/C22H34N4O3/c1-29-15-20(27)26-11-6-5-9-19(26)21-23-18-10-12-25(14-17(18)22(28)24-21)13-16-7-3-2-4-8-16/h16,19H,2-15H2,1H3,(H,23,24,28)/t19-/m1/s1. The van der Waals surface area contributed by atoms with Crippen LogP contribution in [0.2, 0.25) is 0 Å². The fraction of sp³-hybridized carbons (Fsp3) is 0.773. The average Bonchev–Trinajstić information content (AvgIpc) is 2.75. The number of likely N-dealkylation sites (tertiary alicyclic amines) is 1. The number of carbonyl (C=O) groups excluding carboxylic acids is 1. The Balaban J connectivity index is 1.49. The number of nitrogens with one attached hydrogen (secondary N) is 1. The van der Waals surface area contributed by atoms with E-state index in [-0.39, 0.29) is 24.1 Å². The van der Waals surface area contributed by atoms with Crippen molar-refractivity contribution in [2.45, 2.75) is 70.4 Å². The lowest BCUT2D eigenvalue weighted by atomic mass is 9.88. The van der Waals surface area contributed by atoms with Crippen LogP contribution in [0.15, 0.2) is 4.79 Å². The SMILES string of the molecule is COCC(=O)N1CCCC[C@@H]1c1nc2c(c(=O)[nH]1)CN(CC1CCCCC1)CC2. The molecule has 1 N–H and O–H groups in total. The molecule has 3 aliphatic rings. The molecule has 1 aromatic heterocycles. The van der Waals surface area contributed by atoms with E-state index in [4.69, 9.17) is 9.72 Å². The van der Waals surface area contributed by atoms with E-state index in [1.807, 2.05) is 4.90 Å². The van der Waals surface area contributed by atoms with Gasteiger partial charge in [-0.15, -0.1) is 0 Å². The normalized spacial score (nSPS) is 23.8. The van der Waals surface area contributed by atoms with E-state index in [0.29, 0.717) is 18.9 Å². The van der Waals surface area contributed by atoms with E-state index < -0.39 is 0 Å². The van der Waals surface area contributed by atoms with Crippen LogP contribution < -0.4 is 5.56 Å². The van der Waals surface area contributed by atoms with Crippen molar-refractivity contribution in [3.8, 4) is 0 Å². The Bertz CT molecular complexity index is 772. The number of ether oxygens (including phenoxy) is 1. The highest BCUT2D eigenvalue weighted by molar-refractivity contribution is 5.78. The van der Waals surface area contributed by atoms with Gasteiger partial charge in [0.05, 0.1) is 17.3 Å². The molecule has 0 aromatic carbocycles. The maximum absolute atomic E-state index is 12.9. The van der Waals surface area contributed by atoms with Crippen LogP contribution in [0.5, 0.6) is 0 Å². The third-order valence-corrected chi connectivity index (χ3v) is 6.81. The maximum atomic E-state index is 12.9. The van der Waals surface area contributed by atoms with Crippen LogP contribution in [0.1, 0.15) is 74.5 Å². The van der Waals surface area contributed by atoms with E-state index in [2.05, 4.69) is 9.88 Å². The number of methoxy groups -OCH3 is 1. The van der Waals surface area contributed by atoms with Gasteiger partial charge in [-0.25, -0.2) is 4.98 Å². The Hall–Kier alpha value is -1.73. The molecule has 3 heterocycles. The van der Waals surface area contributed by atoms with Gasteiger partial charge < -0.3 is 14.6 Å². The van der Waals surface area contributed by atoms with E-state index in [0.717, 1.165) is 55.9 Å². The molecule has 29 heavy (non-hydrogen) atoms. The number of hydrogen-bond acceptors (Lipinski definition) is 5. The zero-order valence-corrected chi connectivity index (χ0v) is 17.6. The van der Waals surface area contributed by atoms with Crippen molar-refractivity contribution in [2.75, 3.05) is 33.4 Å². The minimum atomic E-state index is -0.148. The summed E-state index contributed by atoms with van der Waals surface area (Å²) in [5, 5.41) is 0. The van der Waals surface area contributed by atoms with Gasteiger partial charge in [0, 0.05) is 39.7 Å². The summed E-state index contributed by atoms with van der Waals surface area (Å²) in [7, 11) is 1.54. The molecule has 160 valence electrons. The van der Waals surface area contributed by atoms with Crippen molar-refractivity contribution < 1.29 is 9.53 Å². The van der Waals surface area contributed by atoms with Gasteiger partial charge in [0.2, 0.25) is 5.91 Å².